The number of ether oxygens (including phenoxy) is 1. The van der Waals surface area contributed by atoms with Crippen molar-refractivity contribution in [1.29, 1.82) is 0 Å². The second kappa shape index (κ2) is 8.08. The van der Waals surface area contributed by atoms with Crippen molar-refractivity contribution in [2.45, 2.75) is 39.8 Å². The lowest BCUT2D eigenvalue weighted by molar-refractivity contribution is 0.185. The summed E-state index contributed by atoms with van der Waals surface area (Å²) < 4.78 is 5.04. The molecule has 0 spiro atoms. The highest BCUT2D eigenvalue weighted by molar-refractivity contribution is 7.11. The lowest BCUT2D eigenvalue weighted by Gasteiger charge is -2.29. The van der Waals surface area contributed by atoms with Gasteiger partial charge < -0.3 is 10.1 Å². The van der Waals surface area contributed by atoms with E-state index in [1.807, 2.05) is 11.3 Å². The first-order valence-corrected chi connectivity index (χ1v) is 8.38. The quantitative estimate of drug-likeness (QED) is 0.784. The number of rotatable bonds is 7. The van der Waals surface area contributed by atoms with Gasteiger partial charge in [0.05, 0.1) is 18.8 Å². The molecule has 1 aromatic rings. The van der Waals surface area contributed by atoms with Crippen molar-refractivity contribution in [3.05, 3.63) is 15.6 Å². The first kappa shape index (κ1) is 15.9. The molecule has 0 radical (unpaired) electrons. The fraction of sp³-hybridized carbons (Fsp3) is 0.800. The Morgan fingerprint density at radius 1 is 1.40 bits per heavy atom. The molecule has 2 rings (SSSR count). The molecule has 1 N–H and O–H groups in total. The molecular formula is C15H27N3OS. The minimum absolute atomic E-state index is 0.761. The highest BCUT2D eigenvalue weighted by Gasteiger charge is 2.17. The average molecular weight is 297 g/mol. The second-order valence-electron chi connectivity index (χ2n) is 5.74. The predicted octanol–water partition coefficient (Wildman–Crippen LogP) is 2.42. The Balaban J connectivity index is 1.80. The number of methoxy groups -OCH3 is 1. The number of piperidine rings is 1. The van der Waals surface area contributed by atoms with Gasteiger partial charge >= 0.3 is 0 Å². The topological polar surface area (TPSA) is 37.4 Å². The molecule has 0 saturated carbocycles. The number of aryl methyl sites for hydroxylation is 1. The SMILES string of the molecule is COCCNCc1sc(CN2CCC(C)CC2)nc1C. The van der Waals surface area contributed by atoms with E-state index in [4.69, 9.17) is 9.72 Å². The summed E-state index contributed by atoms with van der Waals surface area (Å²) in [7, 11) is 1.73. The number of aromatic nitrogens is 1. The molecule has 0 amide bonds. The Kier molecular flexibility index (Phi) is 6.42. The fourth-order valence-corrected chi connectivity index (χ4v) is 3.59. The molecule has 0 unspecified atom stereocenters. The molecule has 1 aliphatic heterocycles. The van der Waals surface area contributed by atoms with Crippen LogP contribution in [-0.2, 0) is 17.8 Å². The van der Waals surface area contributed by atoms with Gasteiger partial charge in [-0.1, -0.05) is 6.92 Å². The molecule has 5 heteroatoms. The molecular weight excluding hydrogens is 270 g/mol. The number of nitrogens with zero attached hydrogens (tertiary/aromatic N) is 2. The van der Waals surface area contributed by atoms with E-state index in [2.05, 4.69) is 24.1 Å². The first-order valence-electron chi connectivity index (χ1n) is 7.56. The molecule has 114 valence electrons. The predicted molar refractivity (Wildman–Crippen MR) is 84.1 cm³/mol. The summed E-state index contributed by atoms with van der Waals surface area (Å²) in [4.78, 5) is 8.63. The highest BCUT2D eigenvalue weighted by atomic mass is 32.1. The molecule has 0 atom stereocenters. The van der Waals surface area contributed by atoms with Crippen LogP contribution in [0.5, 0.6) is 0 Å². The van der Waals surface area contributed by atoms with Crippen LogP contribution >= 0.6 is 11.3 Å². The minimum atomic E-state index is 0.761. The van der Waals surface area contributed by atoms with E-state index in [1.54, 1.807) is 7.11 Å². The maximum atomic E-state index is 5.04. The smallest absolute Gasteiger partial charge is 0.107 e. The van der Waals surface area contributed by atoms with Gasteiger partial charge in [0.25, 0.3) is 0 Å². The highest BCUT2D eigenvalue weighted by Crippen LogP contribution is 2.22. The van der Waals surface area contributed by atoms with Crippen LogP contribution in [0.4, 0.5) is 0 Å². The minimum Gasteiger partial charge on any atom is -0.383 e. The van der Waals surface area contributed by atoms with Crippen LogP contribution in [0.15, 0.2) is 0 Å². The lowest BCUT2D eigenvalue weighted by Crippen LogP contribution is -2.32. The van der Waals surface area contributed by atoms with E-state index >= 15 is 0 Å². The summed E-state index contributed by atoms with van der Waals surface area (Å²) in [5.41, 5.74) is 1.18. The summed E-state index contributed by atoms with van der Waals surface area (Å²) in [6.45, 7) is 10.5. The Morgan fingerprint density at radius 3 is 2.85 bits per heavy atom. The van der Waals surface area contributed by atoms with Gasteiger partial charge in [-0.3, -0.25) is 4.90 Å². The normalized spacial score (nSPS) is 17.8. The zero-order chi connectivity index (χ0) is 14.4. The fourth-order valence-electron chi connectivity index (χ4n) is 2.51. The molecule has 1 fully saturated rings. The summed E-state index contributed by atoms with van der Waals surface area (Å²) in [5, 5.41) is 4.66. The van der Waals surface area contributed by atoms with Crippen molar-refractivity contribution in [2.75, 3.05) is 33.4 Å². The van der Waals surface area contributed by atoms with Gasteiger partial charge in [-0.15, -0.1) is 11.3 Å². The van der Waals surface area contributed by atoms with E-state index in [0.717, 1.165) is 32.2 Å². The van der Waals surface area contributed by atoms with Gasteiger partial charge in [0.15, 0.2) is 0 Å². The second-order valence-corrected chi connectivity index (χ2v) is 6.91. The van der Waals surface area contributed by atoms with Crippen molar-refractivity contribution in [2.24, 2.45) is 5.92 Å². The first-order chi connectivity index (χ1) is 9.69. The zero-order valence-corrected chi connectivity index (χ0v) is 13.8. The van der Waals surface area contributed by atoms with Gasteiger partial charge in [0.1, 0.15) is 5.01 Å². The van der Waals surface area contributed by atoms with Crippen molar-refractivity contribution in [3.63, 3.8) is 0 Å². The maximum absolute atomic E-state index is 5.04. The molecule has 1 aromatic heterocycles. The monoisotopic (exact) mass is 297 g/mol. The van der Waals surface area contributed by atoms with Gasteiger partial charge in [0.2, 0.25) is 0 Å². The molecule has 4 nitrogen and oxygen atoms in total. The molecule has 0 aromatic carbocycles. The largest absolute Gasteiger partial charge is 0.383 e. The summed E-state index contributed by atoms with van der Waals surface area (Å²) in [6.07, 6.45) is 2.66. The molecule has 2 heterocycles. The van der Waals surface area contributed by atoms with Crippen LogP contribution in [0.1, 0.15) is 35.3 Å². The van der Waals surface area contributed by atoms with E-state index in [-0.39, 0.29) is 0 Å². The van der Waals surface area contributed by atoms with Crippen LogP contribution in [-0.4, -0.2) is 43.2 Å². The lowest BCUT2D eigenvalue weighted by atomic mass is 9.99. The van der Waals surface area contributed by atoms with E-state index in [1.165, 1.54) is 41.5 Å². The number of hydrogen-bond donors (Lipinski definition) is 1. The molecule has 1 aliphatic rings. The van der Waals surface area contributed by atoms with Crippen molar-refractivity contribution in [1.82, 2.24) is 15.2 Å². The van der Waals surface area contributed by atoms with Crippen molar-refractivity contribution in [3.8, 4) is 0 Å². The Labute approximate surface area is 126 Å². The van der Waals surface area contributed by atoms with E-state index in [9.17, 15) is 0 Å². The van der Waals surface area contributed by atoms with Gasteiger partial charge in [-0.2, -0.15) is 0 Å². The average Bonchev–Trinajstić information content (AvgIpc) is 2.78. The van der Waals surface area contributed by atoms with Crippen molar-refractivity contribution >= 4 is 11.3 Å². The summed E-state index contributed by atoms with van der Waals surface area (Å²) in [6, 6.07) is 0. The Morgan fingerprint density at radius 2 is 2.15 bits per heavy atom. The van der Waals surface area contributed by atoms with Crippen LogP contribution in [0, 0.1) is 12.8 Å². The van der Waals surface area contributed by atoms with Gasteiger partial charge in [0, 0.05) is 25.1 Å². The number of likely N-dealkylation sites (tertiary alicyclic amines) is 1. The molecule has 20 heavy (non-hydrogen) atoms. The Bertz CT molecular complexity index is 400. The molecule has 1 saturated heterocycles. The van der Waals surface area contributed by atoms with Crippen molar-refractivity contribution < 1.29 is 4.74 Å². The zero-order valence-electron chi connectivity index (χ0n) is 12.9. The molecule has 0 aliphatic carbocycles. The third-order valence-electron chi connectivity index (χ3n) is 3.94. The molecule has 0 bridgehead atoms. The van der Waals surface area contributed by atoms with Crippen LogP contribution in [0.2, 0.25) is 0 Å². The summed E-state index contributed by atoms with van der Waals surface area (Å²) >= 11 is 1.86. The van der Waals surface area contributed by atoms with E-state index < -0.39 is 0 Å². The third-order valence-corrected chi connectivity index (χ3v) is 5.08. The number of thiazole rings is 1. The van der Waals surface area contributed by atoms with E-state index in [0.29, 0.717) is 0 Å². The number of nitrogens with one attached hydrogen (secondary N) is 1. The van der Waals surface area contributed by atoms with Crippen LogP contribution in [0.3, 0.4) is 0 Å². The van der Waals surface area contributed by atoms with Crippen LogP contribution < -0.4 is 5.32 Å². The standard InChI is InChI=1S/C15H27N3OS/c1-12-4-7-18(8-5-12)11-15-17-13(2)14(20-15)10-16-6-9-19-3/h12,16H,4-11H2,1-3H3. The number of hydrogen-bond acceptors (Lipinski definition) is 5. The third kappa shape index (κ3) is 4.81. The van der Waals surface area contributed by atoms with Gasteiger partial charge in [-0.25, -0.2) is 4.98 Å². The van der Waals surface area contributed by atoms with Crippen LogP contribution in [0.25, 0.3) is 0 Å². The van der Waals surface area contributed by atoms with Gasteiger partial charge in [-0.05, 0) is 38.8 Å². The maximum Gasteiger partial charge on any atom is 0.107 e. The Hall–Kier alpha value is -0.490. The summed E-state index contributed by atoms with van der Waals surface area (Å²) in [5.74, 6) is 0.893.